The molecule has 0 rings (SSSR count). The summed E-state index contributed by atoms with van der Waals surface area (Å²) in [5, 5.41) is 17.6. The summed E-state index contributed by atoms with van der Waals surface area (Å²) in [4.78, 5) is 10.4. The number of rotatable bonds is 13. The molecule has 2 N–H and O–H groups in total. The average molecular weight is 318 g/mol. The second kappa shape index (κ2) is 16.5. The summed E-state index contributed by atoms with van der Waals surface area (Å²) < 4.78 is 0. The van der Waals surface area contributed by atoms with Gasteiger partial charge in [0.05, 0.1) is 0 Å². The quantitative estimate of drug-likeness (QED) is 0.286. The van der Waals surface area contributed by atoms with Gasteiger partial charge < -0.3 is 10.2 Å². The van der Waals surface area contributed by atoms with Crippen molar-refractivity contribution in [1.82, 2.24) is 0 Å². The van der Waals surface area contributed by atoms with Gasteiger partial charge >= 0.3 is 5.97 Å². The summed E-state index contributed by atoms with van der Waals surface area (Å²) in [6, 6.07) is 0. The maximum absolute atomic E-state index is 10.4. The SMILES string of the molecule is CC/C=C\C/C=C\C/C=C\C=C\CC/C=C\CCC(O)C(=O)O. The number of aliphatic carboxylic acids is 1. The molecule has 3 nitrogen and oxygen atoms in total. The molecule has 128 valence electrons. The highest BCUT2D eigenvalue weighted by molar-refractivity contribution is 5.71. The Morgan fingerprint density at radius 1 is 0.826 bits per heavy atom. The Labute approximate surface area is 140 Å². The monoisotopic (exact) mass is 318 g/mol. The predicted octanol–water partition coefficient (Wildman–Crippen LogP) is 4.96. The van der Waals surface area contributed by atoms with E-state index in [9.17, 15) is 4.79 Å². The van der Waals surface area contributed by atoms with E-state index in [4.69, 9.17) is 10.2 Å². The Bertz CT molecular complexity index is 428. The van der Waals surface area contributed by atoms with Crippen LogP contribution in [-0.2, 0) is 4.79 Å². The van der Waals surface area contributed by atoms with Gasteiger partial charge in [0.15, 0.2) is 6.10 Å². The Morgan fingerprint density at radius 2 is 1.39 bits per heavy atom. The maximum Gasteiger partial charge on any atom is 0.332 e. The molecule has 0 saturated carbocycles. The van der Waals surface area contributed by atoms with Gasteiger partial charge in [0, 0.05) is 0 Å². The molecular weight excluding hydrogens is 288 g/mol. The number of unbranched alkanes of at least 4 members (excludes halogenated alkanes) is 1. The standard InChI is InChI=1S/C20H30O3/c1-2-3-4-5-6-7-8-9-10-11-12-13-14-15-16-17-18-19(21)20(22)23/h3-4,6-7,9-12,15-16,19,21H,2,5,8,13-14,17-18H2,1H3,(H,22,23)/b4-3-,7-6-,10-9-,12-11+,16-15-. The third kappa shape index (κ3) is 16.3. The number of aliphatic hydroxyl groups is 1. The highest BCUT2D eigenvalue weighted by atomic mass is 16.4. The number of allylic oxidation sites excluding steroid dienone is 10. The van der Waals surface area contributed by atoms with Crippen LogP contribution in [0.1, 0.15) is 51.9 Å². The zero-order valence-electron chi connectivity index (χ0n) is 14.1. The van der Waals surface area contributed by atoms with Gasteiger partial charge in [-0.3, -0.25) is 0 Å². The van der Waals surface area contributed by atoms with E-state index in [-0.39, 0.29) is 6.42 Å². The van der Waals surface area contributed by atoms with E-state index in [0.29, 0.717) is 6.42 Å². The molecule has 3 heteroatoms. The van der Waals surface area contributed by atoms with Crippen LogP contribution in [0.3, 0.4) is 0 Å². The molecule has 0 aliphatic carbocycles. The van der Waals surface area contributed by atoms with E-state index in [0.717, 1.165) is 32.1 Å². The van der Waals surface area contributed by atoms with Gasteiger partial charge in [0.1, 0.15) is 0 Å². The van der Waals surface area contributed by atoms with Gasteiger partial charge in [-0.25, -0.2) is 4.79 Å². The molecule has 1 atom stereocenters. The molecule has 0 aromatic rings. The van der Waals surface area contributed by atoms with Crippen molar-refractivity contribution in [3.05, 3.63) is 60.8 Å². The summed E-state index contributed by atoms with van der Waals surface area (Å²) >= 11 is 0. The third-order valence-corrected chi connectivity index (χ3v) is 3.06. The van der Waals surface area contributed by atoms with Crippen LogP contribution in [0.5, 0.6) is 0 Å². The van der Waals surface area contributed by atoms with E-state index >= 15 is 0 Å². The second-order valence-electron chi connectivity index (χ2n) is 5.16. The molecule has 1 unspecified atom stereocenters. The van der Waals surface area contributed by atoms with Gasteiger partial charge in [-0.05, 0) is 44.9 Å². The number of hydrogen-bond donors (Lipinski definition) is 2. The summed E-state index contributed by atoms with van der Waals surface area (Å²) in [6.07, 6.45) is 25.5. The van der Waals surface area contributed by atoms with Crippen molar-refractivity contribution in [2.24, 2.45) is 0 Å². The van der Waals surface area contributed by atoms with Gasteiger partial charge in [-0.1, -0.05) is 67.7 Å². The number of aliphatic hydroxyl groups excluding tert-OH is 1. The van der Waals surface area contributed by atoms with E-state index in [2.05, 4.69) is 49.5 Å². The van der Waals surface area contributed by atoms with Gasteiger partial charge in [-0.2, -0.15) is 0 Å². The van der Waals surface area contributed by atoms with E-state index in [1.165, 1.54) is 0 Å². The van der Waals surface area contributed by atoms with Crippen LogP contribution >= 0.6 is 0 Å². The van der Waals surface area contributed by atoms with Gasteiger partial charge in [0.25, 0.3) is 0 Å². The molecule has 0 aromatic carbocycles. The lowest BCUT2D eigenvalue weighted by Crippen LogP contribution is -2.18. The minimum absolute atomic E-state index is 0.270. The minimum atomic E-state index is -1.25. The molecule has 0 aliphatic heterocycles. The lowest BCUT2D eigenvalue weighted by atomic mass is 10.2. The van der Waals surface area contributed by atoms with Crippen LogP contribution in [0.15, 0.2) is 60.8 Å². The van der Waals surface area contributed by atoms with Gasteiger partial charge in [-0.15, -0.1) is 0 Å². The fraction of sp³-hybridized carbons (Fsp3) is 0.450. The maximum atomic E-state index is 10.4. The first-order valence-corrected chi connectivity index (χ1v) is 8.36. The molecule has 23 heavy (non-hydrogen) atoms. The van der Waals surface area contributed by atoms with Crippen molar-refractivity contribution in [2.75, 3.05) is 0 Å². The second-order valence-corrected chi connectivity index (χ2v) is 5.16. The van der Waals surface area contributed by atoms with Crippen LogP contribution in [0.4, 0.5) is 0 Å². The lowest BCUT2D eigenvalue weighted by molar-refractivity contribution is -0.146. The topological polar surface area (TPSA) is 57.5 Å². The number of hydrogen-bond acceptors (Lipinski definition) is 2. The molecule has 0 radical (unpaired) electrons. The normalized spacial score (nSPS) is 14.2. The number of carbonyl (C=O) groups is 1. The minimum Gasteiger partial charge on any atom is -0.479 e. The third-order valence-electron chi connectivity index (χ3n) is 3.06. The first-order chi connectivity index (χ1) is 11.2. The van der Waals surface area contributed by atoms with Crippen LogP contribution in [0.2, 0.25) is 0 Å². The first-order valence-electron chi connectivity index (χ1n) is 8.36. The highest BCUT2D eigenvalue weighted by Gasteiger charge is 2.10. The number of carboxylic acid groups (broad SMARTS) is 1. The summed E-state index contributed by atoms with van der Waals surface area (Å²) in [5.41, 5.74) is 0. The number of carboxylic acids is 1. The van der Waals surface area contributed by atoms with Crippen LogP contribution in [0.25, 0.3) is 0 Å². The van der Waals surface area contributed by atoms with Crippen LogP contribution < -0.4 is 0 Å². The fourth-order valence-electron chi connectivity index (χ4n) is 1.75. The van der Waals surface area contributed by atoms with Crippen molar-refractivity contribution < 1.29 is 15.0 Å². The van der Waals surface area contributed by atoms with E-state index in [1.54, 1.807) is 0 Å². The Kier molecular flexibility index (Phi) is 15.2. The molecule has 0 saturated heterocycles. The molecule has 0 fully saturated rings. The largest absolute Gasteiger partial charge is 0.479 e. The van der Waals surface area contributed by atoms with E-state index < -0.39 is 12.1 Å². The predicted molar refractivity (Wildman–Crippen MR) is 97.3 cm³/mol. The molecule has 0 aliphatic rings. The van der Waals surface area contributed by atoms with Crippen molar-refractivity contribution in [1.29, 1.82) is 0 Å². The summed E-state index contributed by atoms with van der Waals surface area (Å²) in [7, 11) is 0. The van der Waals surface area contributed by atoms with Crippen molar-refractivity contribution >= 4 is 5.97 Å². The van der Waals surface area contributed by atoms with Crippen molar-refractivity contribution in [3.63, 3.8) is 0 Å². The summed E-state index contributed by atoms with van der Waals surface area (Å²) in [6.45, 7) is 2.13. The Hall–Kier alpha value is -1.87. The van der Waals surface area contributed by atoms with Crippen molar-refractivity contribution in [3.8, 4) is 0 Å². The Morgan fingerprint density at radius 3 is 2.09 bits per heavy atom. The molecule has 0 aromatic heterocycles. The lowest BCUT2D eigenvalue weighted by Gasteiger charge is -2.00. The molecule has 0 spiro atoms. The van der Waals surface area contributed by atoms with Crippen LogP contribution in [0, 0.1) is 0 Å². The zero-order chi connectivity index (χ0) is 17.2. The molecule has 0 heterocycles. The van der Waals surface area contributed by atoms with Crippen molar-refractivity contribution in [2.45, 2.75) is 58.0 Å². The van der Waals surface area contributed by atoms with Crippen LogP contribution in [-0.4, -0.2) is 22.3 Å². The first kappa shape index (κ1) is 21.1. The Balaban J connectivity index is 3.54. The van der Waals surface area contributed by atoms with E-state index in [1.807, 2.05) is 18.2 Å². The average Bonchev–Trinajstić information content (AvgIpc) is 2.54. The fourth-order valence-corrected chi connectivity index (χ4v) is 1.75. The molecule has 0 bridgehead atoms. The summed E-state index contributed by atoms with van der Waals surface area (Å²) in [5.74, 6) is -1.15. The smallest absolute Gasteiger partial charge is 0.332 e. The zero-order valence-corrected chi connectivity index (χ0v) is 14.1. The molecule has 0 amide bonds. The van der Waals surface area contributed by atoms with Gasteiger partial charge in [0.2, 0.25) is 0 Å². The molecular formula is C20H30O3. The highest BCUT2D eigenvalue weighted by Crippen LogP contribution is 2.01.